The highest BCUT2D eigenvalue weighted by Gasteiger charge is 2.38. The van der Waals surface area contributed by atoms with Crippen molar-refractivity contribution >= 4 is 5.78 Å². The van der Waals surface area contributed by atoms with E-state index >= 15 is 0 Å². The fraction of sp³-hybridized carbons (Fsp3) is 0.417. The molecule has 0 heterocycles. The molecule has 92 valence electrons. The number of benzene rings is 1. The topological polar surface area (TPSA) is 26.3 Å². The SMILES string of the molecule is COc1c(C(=O)C2CC2)cccc1C(F)(F)F. The van der Waals surface area contributed by atoms with Gasteiger partial charge in [0.15, 0.2) is 5.78 Å². The van der Waals surface area contributed by atoms with Crippen LogP contribution < -0.4 is 4.74 Å². The Morgan fingerprint density at radius 2 is 2.00 bits per heavy atom. The van der Waals surface area contributed by atoms with Crippen molar-refractivity contribution in [2.45, 2.75) is 19.0 Å². The van der Waals surface area contributed by atoms with Crippen molar-refractivity contribution in [3.8, 4) is 5.75 Å². The van der Waals surface area contributed by atoms with Crippen LogP contribution in [0, 0.1) is 5.92 Å². The van der Waals surface area contributed by atoms with E-state index < -0.39 is 11.7 Å². The first-order valence-electron chi connectivity index (χ1n) is 5.23. The van der Waals surface area contributed by atoms with E-state index in [2.05, 4.69) is 0 Å². The average molecular weight is 244 g/mol. The third kappa shape index (κ3) is 2.28. The van der Waals surface area contributed by atoms with E-state index in [0.29, 0.717) is 0 Å². The Balaban J connectivity index is 2.49. The highest BCUT2D eigenvalue weighted by atomic mass is 19.4. The zero-order valence-electron chi connectivity index (χ0n) is 9.17. The zero-order valence-corrected chi connectivity index (χ0v) is 9.17. The van der Waals surface area contributed by atoms with E-state index in [4.69, 9.17) is 4.74 Å². The summed E-state index contributed by atoms with van der Waals surface area (Å²) >= 11 is 0. The van der Waals surface area contributed by atoms with Crippen molar-refractivity contribution in [2.24, 2.45) is 5.92 Å². The lowest BCUT2D eigenvalue weighted by Crippen LogP contribution is -2.12. The molecule has 0 amide bonds. The van der Waals surface area contributed by atoms with Crippen LogP contribution >= 0.6 is 0 Å². The number of alkyl halides is 3. The lowest BCUT2D eigenvalue weighted by molar-refractivity contribution is -0.138. The lowest BCUT2D eigenvalue weighted by atomic mass is 10.0. The standard InChI is InChI=1S/C12H11F3O2/c1-17-11-8(10(16)7-5-6-7)3-2-4-9(11)12(13,14)15/h2-4,7H,5-6H2,1H3. The van der Waals surface area contributed by atoms with Crippen LogP contribution in [0.2, 0.25) is 0 Å². The Kier molecular flexibility index (Phi) is 2.85. The summed E-state index contributed by atoms with van der Waals surface area (Å²) in [7, 11) is 1.15. The first kappa shape index (κ1) is 12.0. The maximum Gasteiger partial charge on any atom is 0.419 e. The van der Waals surface area contributed by atoms with E-state index in [1.807, 2.05) is 0 Å². The summed E-state index contributed by atoms with van der Waals surface area (Å²) < 4.78 is 42.9. The van der Waals surface area contributed by atoms with Gasteiger partial charge in [0.1, 0.15) is 5.75 Å². The molecule has 2 rings (SSSR count). The number of para-hydroxylation sites is 1. The largest absolute Gasteiger partial charge is 0.495 e. The van der Waals surface area contributed by atoms with Crippen molar-refractivity contribution in [3.05, 3.63) is 29.3 Å². The molecule has 0 atom stereocenters. The first-order chi connectivity index (χ1) is 7.95. The second-order valence-electron chi connectivity index (χ2n) is 4.02. The lowest BCUT2D eigenvalue weighted by Gasteiger charge is -2.14. The van der Waals surface area contributed by atoms with Crippen LogP contribution in [-0.4, -0.2) is 12.9 Å². The van der Waals surface area contributed by atoms with Crippen molar-refractivity contribution in [1.29, 1.82) is 0 Å². The van der Waals surface area contributed by atoms with E-state index in [-0.39, 0.29) is 23.0 Å². The van der Waals surface area contributed by atoms with E-state index in [1.165, 1.54) is 12.1 Å². The zero-order chi connectivity index (χ0) is 12.6. The highest BCUT2D eigenvalue weighted by Crippen LogP contribution is 2.41. The minimum atomic E-state index is -4.51. The van der Waals surface area contributed by atoms with Crippen LogP contribution in [-0.2, 0) is 6.18 Å². The van der Waals surface area contributed by atoms with Crippen molar-refractivity contribution in [2.75, 3.05) is 7.11 Å². The van der Waals surface area contributed by atoms with Crippen LogP contribution in [0.1, 0.15) is 28.8 Å². The number of carbonyl (C=O) groups is 1. The van der Waals surface area contributed by atoms with Gasteiger partial charge in [-0.05, 0) is 25.0 Å². The normalized spacial score (nSPS) is 15.8. The summed E-state index contributed by atoms with van der Waals surface area (Å²) in [5.74, 6) is -0.753. The van der Waals surface area contributed by atoms with Gasteiger partial charge < -0.3 is 4.74 Å². The minimum Gasteiger partial charge on any atom is -0.495 e. The fourth-order valence-electron chi connectivity index (χ4n) is 1.74. The third-order valence-corrected chi connectivity index (χ3v) is 2.74. The van der Waals surface area contributed by atoms with Crippen molar-refractivity contribution < 1.29 is 22.7 Å². The predicted octanol–water partition coefficient (Wildman–Crippen LogP) is 3.31. The average Bonchev–Trinajstić information content (AvgIpc) is 3.09. The molecule has 0 aromatic heterocycles. The maximum atomic E-state index is 12.7. The van der Waals surface area contributed by atoms with Gasteiger partial charge in [-0.1, -0.05) is 6.07 Å². The van der Waals surface area contributed by atoms with Crippen LogP contribution in [0.4, 0.5) is 13.2 Å². The van der Waals surface area contributed by atoms with E-state index in [1.54, 1.807) is 0 Å². The van der Waals surface area contributed by atoms with Gasteiger partial charge in [0.25, 0.3) is 0 Å². The molecule has 2 nitrogen and oxygen atoms in total. The van der Waals surface area contributed by atoms with Crippen molar-refractivity contribution in [1.82, 2.24) is 0 Å². The van der Waals surface area contributed by atoms with Gasteiger partial charge in [0, 0.05) is 5.92 Å². The van der Waals surface area contributed by atoms with Crippen LogP contribution in [0.25, 0.3) is 0 Å². The fourth-order valence-corrected chi connectivity index (χ4v) is 1.74. The summed E-state index contributed by atoms with van der Waals surface area (Å²) in [6.07, 6.45) is -3.01. The van der Waals surface area contributed by atoms with Gasteiger partial charge in [-0.25, -0.2) is 0 Å². The molecule has 17 heavy (non-hydrogen) atoms. The molecule has 0 unspecified atom stereocenters. The number of hydrogen-bond acceptors (Lipinski definition) is 2. The summed E-state index contributed by atoms with van der Waals surface area (Å²) in [4.78, 5) is 11.8. The number of Topliss-reactive ketones (excluding diaryl/α,β-unsaturated/α-hetero) is 1. The molecule has 1 aliphatic rings. The Morgan fingerprint density at radius 3 is 2.47 bits per heavy atom. The second-order valence-corrected chi connectivity index (χ2v) is 4.02. The first-order valence-corrected chi connectivity index (χ1v) is 5.23. The van der Waals surface area contributed by atoms with Crippen LogP contribution in [0.3, 0.4) is 0 Å². The highest BCUT2D eigenvalue weighted by molar-refractivity contribution is 6.02. The summed E-state index contributed by atoms with van der Waals surface area (Å²) in [5, 5.41) is 0. The number of ether oxygens (including phenoxy) is 1. The minimum absolute atomic E-state index is 0.0322. The molecule has 1 saturated carbocycles. The molecular weight excluding hydrogens is 233 g/mol. The molecule has 0 spiro atoms. The molecular formula is C12H11F3O2. The van der Waals surface area contributed by atoms with Crippen molar-refractivity contribution in [3.63, 3.8) is 0 Å². The van der Waals surface area contributed by atoms with Crippen LogP contribution in [0.15, 0.2) is 18.2 Å². The Hall–Kier alpha value is -1.52. The molecule has 0 aliphatic heterocycles. The summed E-state index contributed by atoms with van der Waals surface area (Å²) in [6.45, 7) is 0. The number of ketones is 1. The molecule has 0 saturated heterocycles. The van der Waals surface area contributed by atoms with Crippen LogP contribution in [0.5, 0.6) is 5.75 Å². The molecule has 5 heteroatoms. The van der Waals surface area contributed by atoms with Gasteiger partial charge >= 0.3 is 6.18 Å². The summed E-state index contributed by atoms with van der Waals surface area (Å²) in [5.41, 5.74) is -0.865. The van der Waals surface area contributed by atoms with Gasteiger partial charge in [0.05, 0.1) is 18.2 Å². The monoisotopic (exact) mass is 244 g/mol. The van der Waals surface area contributed by atoms with Gasteiger partial charge in [-0.15, -0.1) is 0 Å². The Morgan fingerprint density at radius 1 is 1.35 bits per heavy atom. The second kappa shape index (κ2) is 4.05. The molecule has 1 aliphatic carbocycles. The molecule has 1 aromatic carbocycles. The van der Waals surface area contributed by atoms with E-state index in [9.17, 15) is 18.0 Å². The molecule has 0 bridgehead atoms. The number of methoxy groups -OCH3 is 1. The molecule has 0 radical (unpaired) electrons. The van der Waals surface area contributed by atoms with Gasteiger partial charge in [-0.3, -0.25) is 4.79 Å². The quantitative estimate of drug-likeness (QED) is 0.762. The Bertz CT molecular complexity index is 448. The maximum absolute atomic E-state index is 12.7. The number of rotatable bonds is 3. The third-order valence-electron chi connectivity index (χ3n) is 2.74. The number of carbonyl (C=O) groups excluding carboxylic acids is 1. The van der Waals surface area contributed by atoms with Gasteiger partial charge in [0.2, 0.25) is 0 Å². The number of halogens is 3. The Labute approximate surface area is 96.4 Å². The summed E-state index contributed by atoms with van der Waals surface area (Å²) in [6, 6.07) is 3.54. The van der Waals surface area contributed by atoms with Gasteiger partial charge in [-0.2, -0.15) is 13.2 Å². The molecule has 1 fully saturated rings. The molecule has 0 N–H and O–H groups in total. The van der Waals surface area contributed by atoms with E-state index in [0.717, 1.165) is 26.0 Å². The molecule has 1 aromatic rings. The predicted molar refractivity (Wildman–Crippen MR) is 55.1 cm³/mol. The number of hydrogen-bond donors (Lipinski definition) is 0. The smallest absolute Gasteiger partial charge is 0.419 e.